The number of hydrogen-bond donors (Lipinski definition) is 0. The summed E-state index contributed by atoms with van der Waals surface area (Å²) in [5.41, 5.74) is 1.89. The largest absolute Gasteiger partial charge is 0.237 e. The van der Waals surface area contributed by atoms with Crippen molar-refractivity contribution in [2.24, 2.45) is 5.92 Å². The van der Waals surface area contributed by atoms with Crippen LogP contribution in [0.3, 0.4) is 0 Å². The summed E-state index contributed by atoms with van der Waals surface area (Å²) in [7, 11) is 0. The normalized spacial score (nSPS) is 20.5. The molecule has 0 nitrogen and oxygen atoms in total. The molecule has 0 saturated heterocycles. The SMILES string of the molecule is CC1=C(C)C(C)C(C(F)c2cc(F)c(F)c(F)c2F)=C1C. The van der Waals surface area contributed by atoms with Crippen LogP contribution in [0.15, 0.2) is 28.4 Å². The number of rotatable bonds is 2. The number of benzene rings is 1. The summed E-state index contributed by atoms with van der Waals surface area (Å²) in [4.78, 5) is 0. The van der Waals surface area contributed by atoms with E-state index in [1.807, 2.05) is 13.8 Å². The molecule has 0 N–H and O–H groups in total. The molecule has 2 rings (SSSR count). The molecule has 5 heteroatoms. The topological polar surface area (TPSA) is 0 Å². The van der Waals surface area contributed by atoms with Crippen LogP contribution in [0.25, 0.3) is 0 Å². The molecule has 0 amide bonds. The van der Waals surface area contributed by atoms with Crippen LogP contribution in [0, 0.1) is 29.2 Å². The highest BCUT2D eigenvalue weighted by molar-refractivity contribution is 5.50. The lowest BCUT2D eigenvalue weighted by Gasteiger charge is -2.18. The first-order valence-corrected chi connectivity index (χ1v) is 6.53. The highest BCUT2D eigenvalue weighted by atomic mass is 19.2. The minimum atomic E-state index is -2.02. The highest BCUT2D eigenvalue weighted by Crippen LogP contribution is 2.45. The van der Waals surface area contributed by atoms with E-state index in [1.54, 1.807) is 13.8 Å². The van der Waals surface area contributed by atoms with Gasteiger partial charge in [-0.3, -0.25) is 0 Å². The van der Waals surface area contributed by atoms with Crippen molar-refractivity contribution in [2.75, 3.05) is 0 Å². The maximum absolute atomic E-state index is 14.7. The zero-order valence-electron chi connectivity index (χ0n) is 12.1. The molecule has 0 aliphatic heterocycles. The Bertz CT molecular complexity index is 670. The van der Waals surface area contributed by atoms with Gasteiger partial charge in [-0.05, 0) is 43.6 Å². The average Bonchev–Trinajstić information content (AvgIpc) is 2.64. The Hall–Kier alpha value is -1.65. The Morgan fingerprint density at radius 2 is 1.48 bits per heavy atom. The van der Waals surface area contributed by atoms with Crippen molar-refractivity contribution in [1.82, 2.24) is 0 Å². The fourth-order valence-electron chi connectivity index (χ4n) is 2.75. The number of halogens is 5. The lowest BCUT2D eigenvalue weighted by atomic mass is 9.90. The molecule has 2 unspecified atom stereocenters. The first kappa shape index (κ1) is 15.7. The number of alkyl halides is 1. The molecule has 1 aromatic carbocycles. The molecule has 0 heterocycles. The summed E-state index contributed by atoms with van der Waals surface area (Å²) in [5, 5.41) is 0. The van der Waals surface area contributed by atoms with Crippen LogP contribution < -0.4 is 0 Å². The van der Waals surface area contributed by atoms with Gasteiger partial charge < -0.3 is 0 Å². The second kappa shape index (κ2) is 5.28. The number of allylic oxidation sites excluding steroid dienone is 4. The van der Waals surface area contributed by atoms with E-state index in [-0.39, 0.29) is 11.5 Å². The van der Waals surface area contributed by atoms with E-state index in [0.717, 1.165) is 11.1 Å². The van der Waals surface area contributed by atoms with Gasteiger partial charge in [0.25, 0.3) is 0 Å². The maximum Gasteiger partial charge on any atom is 0.197 e. The molecule has 0 bridgehead atoms. The van der Waals surface area contributed by atoms with Gasteiger partial charge >= 0.3 is 0 Å². The fraction of sp³-hybridized carbons (Fsp3) is 0.375. The second-order valence-corrected chi connectivity index (χ2v) is 5.36. The summed E-state index contributed by atoms with van der Waals surface area (Å²) >= 11 is 0. The summed E-state index contributed by atoms with van der Waals surface area (Å²) in [6.07, 6.45) is -2.02. The predicted octanol–water partition coefficient (Wildman–Crippen LogP) is 5.56. The van der Waals surface area contributed by atoms with Crippen molar-refractivity contribution < 1.29 is 22.0 Å². The van der Waals surface area contributed by atoms with Gasteiger partial charge in [0, 0.05) is 11.5 Å². The summed E-state index contributed by atoms with van der Waals surface area (Å²) in [6, 6.07) is 0.383. The molecule has 0 radical (unpaired) electrons. The van der Waals surface area contributed by atoms with Crippen molar-refractivity contribution in [3.8, 4) is 0 Å². The van der Waals surface area contributed by atoms with E-state index < -0.39 is 35.0 Å². The lowest BCUT2D eigenvalue weighted by Crippen LogP contribution is -2.10. The summed E-state index contributed by atoms with van der Waals surface area (Å²) in [5.74, 6) is -7.50. The van der Waals surface area contributed by atoms with Gasteiger partial charge in [-0.1, -0.05) is 12.5 Å². The Kier molecular flexibility index (Phi) is 3.95. The Labute approximate surface area is 120 Å². The lowest BCUT2D eigenvalue weighted by molar-refractivity contribution is 0.341. The van der Waals surface area contributed by atoms with Crippen LogP contribution in [-0.2, 0) is 0 Å². The van der Waals surface area contributed by atoms with Gasteiger partial charge in [-0.2, -0.15) is 0 Å². The molecular weight excluding hydrogens is 287 g/mol. The Morgan fingerprint density at radius 1 is 0.905 bits per heavy atom. The summed E-state index contributed by atoms with van der Waals surface area (Å²) in [6.45, 7) is 7.05. The molecule has 1 aliphatic carbocycles. The molecule has 21 heavy (non-hydrogen) atoms. The van der Waals surface area contributed by atoms with Crippen LogP contribution in [0.1, 0.15) is 39.4 Å². The second-order valence-electron chi connectivity index (χ2n) is 5.36. The third kappa shape index (κ3) is 2.28. The third-order valence-corrected chi connectivity index (χ3v) is 4.38. The van der Waals surface area contributed by atoms with E-state index in [4.69, 9.17) is 0 Å². The minimum absolute atomic E-state index is 0.259. The van der Waals surface area contributed by atoms with E-state index >= 15 is 0 Å². The van der Waals surface area contributed by atoms with E-state index in [1.165, 1.54) is 0 Å². The van der Waals surface area contributed by atoms with Gasteiger partial charge in [0.2, 0.25) is 0 Å². The predicted molar refractivity (Wildman–Crippen MR) is 70.4 cm³/mol. The van der Waals surface area contributed by atoms with Gasteiger partial charge in [0.05, 0.1) is 0 Å². The molecule has 0 saturated carbocycles. The Morgan fingerprint density at radius 3 is 1.95 bits per heavy atom. The van der Waals surface area contributed by atoms with Crippen LogP contribution in [0.2, 0.25) is 0 Å². The van der Waals surface area contributed by atoms with Gasteiger partial charge in [0.15, 0.2) is 29.4 Å². The van der Waals surface area contributed by atoms with Crippen molar-refractivity contribution in [1.29, 1.82) is 0 Å². The van der Waals surface area contributed by atoms with Gasteiger partial charge in [0.1, 0.15) is 0 Å². The van der Waals surface area contributed by atoms with E-state index in [9.17, 15) is 22.0 Å². The van der Waals surface area contributed by atoms with Crippen LogP contribution in [0.5, 0.6) is 0 Å². The zero-order valence-corrected chi connectivity index (χ0v) is 12.1. The molecule has 114 valence electrons. The molecule has 0 spiro atoms. The molecule has 1 aliphatic rings. The van der Waals surface area contributed by atoms with Crippen LogP contribution >= 0.6 is 0 Å². The molecule has 0 fully saturated rings. The smallest absolute Gasteiger partial charge is 0.197 e. The molecule has 2 atom stereocenters. The standard InChI is InChI=1S/C16H15F5/c1-6-7(2)9(4)12(8(6)3)13(18)10-5-11(17)15(20)16(21)14(10)19/h5,8,13H,1-4H3. The van der Waals surface area contributed by atoms with Crippen molar-refractivity contribution in [3.05, 3.63) is 57.2 Å². The van der Waals surface area contributed by atoms with Crippen LogP contribution in [0.4, 0.5) is 22.0 Å². The van der Waals surface area contributed by atoms with Crippen molar-refractivity contribution >= 4 is 0 Å². The highest BCUT2D eigenvalue weighted by Gasteiger charge is 2.33. The third-order valence-electron chi connectivity index (χ3n) is 4.38. The molecular formula is C16H15F5. The zero-order chi connectivity index (χ0) is 16.1. The van der Waals surface area contributed by atoms with Crippen molar-refractivity contribution in [3.63, 3.8) is 0 Å². The number of hydrogen-bond acceptors (Lipinski definition) is 0. The minimum Gasteiger partial charge on any atom is -0.237 e. The van der Waals surface area contributed by atoms with Gasteiger partial charge in [-0.25, -0.2) is 22.0 Å². The van der Waals surface area contributed by atoms with Crippen LogP contribution in [-0.4, -0.2) is 0 Å². The molecule has 1 aromatic rings. The fourth-order valence-corrected chi connectivity index (χ4v) is 2.75. The maximum atomic E-state index is 14.7. The van der Waals surface area contributed by atoms with Gasteiger partial charge in [-0.15, -0.1) is 0 Å². The monoisotopic (exact) mass is 302 g/mol. The van der Waals surface area contributed by atoms with Crippen molar-refractivity contribution in [2.45, 2.75) is 33.9 Å². The van der Waals surface area contributed by atoms with E-state index in [0.29, 0.717) is 11.6 Å². The van der Waals surface area contributed by atoms with E-state index in [2.05, 4.69) is 0 Å². The first-order valence-electron chi connectivity index (χ1n) is 6.53. The molecule has 0 aromatic heterocycles. The Balaban J connectivity index is 2.55. The average molecular weight is 302 g/mol. The summed E-state index contributed by atoms with van der Waals surface area (Å²) < 4.78 is 67.9. The quantitative estimate of drug-likeness (QED) is 0.381. The first-order chi connectivity index (χ1) is 9.68.